The lowest BCUT2D eigenvalue weighted by atomic mass is 9.96. The molecule has 3 aromatic rings. The number of para-hydroxylation sites is 2. The molecule has 7 heteroatoms. The van der Waals surface area contributed by atoms with Crippen molar-refractivity contribution in [2.45, 2.75) is 51.5 Å². The van der Waals surface area contributed by atoms with Gasteiger partial charge in [0.2, 0.25) is 11.8 Å². The smallest absolute Gasteiger partial charge is 0.247 e. The second-order valence-corrected chi connectivity index (χ2v) is 10.2. The van der Waals surface area contributed by atoms with Crippen LogP contribution in [0.4, 0.5) is 5.69 Å². The SMILES string of the molecule is CCCCN(CC(=O)N1c2ccccc2-n2cccc2C1c1cc(OC)ccc1OC)C(=O)C1CCCC1. The van der Waals surface area contributed by atoms with Crippen LogP contribution in [-0.4, -0.2) is 48.6 Å². The lowest BCUT2D eigenvalue weighted by Gasteiger charge is -2.40. The van der Waals surface area contributed by atoms with Gasteiger partial charge >= 0.3 is 0 Å². The van der Waals surface area contributed by atoms with Gasteiger partial charge in [-0.15, -0.1) is 0 Å². The Hall–Kier alpha value is -3.74. The predicted octanol–water partition coefficient (Wildman–Crippen LogP) is 5.75. The first-order chi connectivity index (χ1) is 18.6. The first-order valence-electron chi connectivity index (χ1n) is 13.7. The number of nitrogens with zero attached hydrogens (tertiary/aromatic N) is 3. The second-order valence-electron chi connectivity index (χ2n) is 10.2. The van der Waals surface area contributed by atoms with Gasteiger partial charge in [-0.1, -0.05) is 38.3 Å². The van der Waals surface area contributed by atoms with E-state index in [2.05, 4.69) is 11.5 Å². The summed E-state index contributed by atoms with van der Waals surface area (Å²) < 4.78 is 13.5. The molecule has 5 rings (SSSR count). The van der Waals surface area contributed by atoms with Crippen LogP contribution in [0.3, 0.4) is 0 Å². The maximum atomic E-state index is 14.4. The van der Waals surface area contributed by atoms with Crippen LogP contribution >= 0.6 is 0 Å². The number of carbonyl (C=O) groups is 2. The summed E-state index contributed by atoms with van der Waals surface area (Å²) >= 11 is 0. The molecule has 2 amide bonds. The summed E-state index contributed by atoms with van der Waals surface area (Å²) in [4.78, 5) is 31.5. The fourth-order valence-electron chi connectivity index (χ4n) is 5.90. The van der Waals surface area contributed by atoms with Crippen molar-refractivity contribution >= 4 is 17.5 Å². The lowest BCUT2D eigenvalue weighted by molar-refractivity contribution is -0.138. The largest absolute Gasteiger partial charge is 0.497 e. The number of aromatic nitrogens is 1. The zero-order chi connectivity index (χ0) is 26.6. The number of rotatable bonds is 9. The van der Waals surface area contributed by atoms with Gasteiger partial charge in [-0.25, -0.2) is 0 Å². The number of benzene rings is 2. The molecule has 1 fully saturated rings. The van der Waals surface area contributed by atoms with Crippen LogP contribution in [0.1, 0.15) is 62.7 Å². The van der Waals surface area contributed by atoms with Crippen LogP contribution in [0.5, 0.6) is 11.5 Å². The van der Waals surface area contributed by atoms with E-state index in [4.69, 9.17) is 9.47 Å². The average molecular weight is 516 g/mol. The monoisotopic (exact) mass is 515 g/mol. The van der Waals surface area contributed by atoms with Crippen molar-refractivity contribution in [2.75, 3.05) is 32.2 Å². The topological polar surface area (TPSA) is 64.0 Å². The highest BCUT2D eigenvalue weighted by Crippen LogP contribution is 2.45. The van der Waals surface area contributed by atoms with E-state index in [1.165, 1.54) is 0 Å². The number of hydrogen-bond acceptors (Lipinski definition) is 4. The van der Waals surface area contributed by atoms with Crippen molar-refractivity contribution in [1.29, 1.82) is 0 Å². The van der Waals surface area contributed by atoms with Gasteiger partial charge in [0.25, 0.3) is 0 Å². The highest BCUT2D eigenvalue weighted by atomic mass is 16.5. The molecule has 0 saturated heterocycles. The molecule has 0 radical (unpaired) electrons. The molecular formula is C31H37N3O4. The highest BCUT2D eigenvalue weighted by molar-refractivity contribution is 6.00. The van der Waals surface area contributed by atoms with E-state index in [9.17, 15) is 9.59 Å². The van der Waals surface area contributed by atoms with Gasteiger partial charge in [-0.3, -0.25) is 14.5 Å². The zero-order valence-corrected chi connectivity index (χ0v) is 22.6. The number of amides is 2. The summed E-state index contributed by atoms with van der Waals surface area (Å²) in [6.45, 7) is 2.75. The quantitative estimate of drug-likeness (QED) is 0.364. The number of anilines is 1. The standard InChI is InChI=1S/C31H37N3O4/c1-4-5-18-32(31(36)22-11-6-7-12-22)21-29(35)34-26-14-9-8-13-25(26)33-19-10-15-27(33)30(34)24-20-23(37-2)16-17-28(24)38-3/h8-10,13-17,19-20,22,30H,4-7,11-12,18,21H2,1-3H3. The highest BCUT2D eigenvalue weighted by Gasteiger charge is 2.39. The molecule has 0 N–H and O–H groups in total. The fourth-order valence-corrected chi connectivity index (χ4v) is 5.90. The maximum absolute atomic E-state index is 14.4. The van der Waals surface area contributed by atoms with E-state index in [0.29, 0.717) is 18.0 Å². The molecule has 1 aromatic heterocycles. The first-order valence-corrected chi connectivity index (χ1v) is 13.7. The third-order valence-corrected chi connectivity index (χ3v) is 7.84. The van der Waals surface area contributed by atoms with Crippen molar-refractivity contribution in [3.63, 3.8) is 0 Å². The lowest BCUT2D eigenvalue weighted by Crippen LogP contribution is -2.48. The fraction of sp³-hybridized carbons (Fsp3) is 0.419. The van der Waals surface area contributed by atoms with Crippen LogP contribution in [0.25, 0.3) is 5.69 Å². The normalized spacial score (nSPS) is 16.6. The summed E-state index contributed by atoms with van der Waals surface area (Å²) in [5.41, 5.74) is 3.52. The molecule has 1 aliphatic heterocycles. The van der Waals surface area contributed by atoms with Crippen molar-refractivity contribution < 1.29 is 19.1 Å². The number of hydrogen-bond donors (Lipinski definition) is 0. The average Bonchev–Trinajstić information content (AvgIpc) is 3.67. The van der Waals surface area contributed by atoms with E-state index in [-0.39, 0.29) is 24.3 Å². The van der Waals surface area contributed by atoms with Gasteiger partial charge in [0.15, 0.2) is 0 Å². The van der Waals surface area contributed by atoms with Crippen molar-refractivity contribution in [3.8, 4) is 17.2 Å². The third-order valence-electron chi connectivity index (χ3n) is 7.84. The van der Waals surface area contributed by atoms with Crippen molar-refractivity contribution in [2.24, 2.45) is 5.92 Å². The zero-order valence-electron chi connectivity index (χ0n) is 22.6. The van der Waals surface area contributed by atoms with E-state index in [1.807, 2.05) is 65.7 Å². The molecule has 0 spiro atoms. The predicted molar refractivity (Wildman–Crippen MR) is 148 cm³/mol. The molecular weight excluding hydrogens is 478 g/mol. The van der Waals surface area contributed by atoms with Crippen molar-refractivity contribution in [3.05, 3.63) is 72.1 Å². The van der Waals surface area contributed by atoms with E-state index >= 15 is 0 Å². The van der Waals surface area contributed by atoms with Gasteiger partial charge in [0.05, 0.1) is 31.3 Å². The van der Waals surface area contributed by atoms with Crippen LogP contribution < -0.4 is 14.4 Å². The molecule has 38 heavy (non-hydrogen) atoms. The van der Waals surface area contributed by atoms with E-state index in [0.717, 1.165) is 61.2 Å². The Morgan fingerprint density at radius 1 is 0.974 bits per heavy atom. The van der Waals surface area contributed by atoms with Crippen LogP contribution in [-0.2, 0) is 9.59 Å². The van der Waals surface area contributed by atoms with Crippen LogP contribution in [0.15, 0.2) is 60.8 Å². The third kappa shape index (κ3) is 4.77. The Kier molecular flexibility index (Phi) is 7.72. The molecule has 1 saturated carbocycles. The van der Waals surface area contributed by atoms with Crippen LogP contribution in [0.2, 0.25) is 0 Å². The number of fused-ring (bicyclic) bond motifs is 3. The minimum atomic E-state index is -0.452. The van der Waals surface area contributed by atoms with Gasteiger partial charge in [0.1, 0.15) is 24.1 Å². The van der Waals surface area contributed by atoms with Gasteiger partial charge in [-0.05, 0) is 61.7 Å². The number of ether oxygens (including phenoxy) is 2. The molecule has 7 nitrogen and oxygen atoms in total. The summed E-state index contributed by atoms with van der Waals surface area (Å²) in [6, 6.07) is 17.2. The summed E-state index contributed by atoms with van der Waals surface area (Å²) in [5.74, 6) is 1.40. The number of unbranched alkanes of at least 4 members (excludes halogenated alkanes) is 1. The molecule has 1 unspecified atom stereocenters. The van der Waals surface area contributed by atoms with E-state index < -0.39 is 6.04 Å². The Morgan fingerprint density at radius 2 is 1.74 bits per heavy atom. The molecule has 0 bridgehead atoms. The first kappa shape index (κ1) is 25.9. The Labute approximate surface area is 224 Å². The minimum Gasteiger partial charge on any atom is -0.497 e. The minimum absolute atomic E-state index is 0.0276. The van der Waals surface area contributed by atoms with Crippen molar-refractivity contribution in [1.82, 2.24) is 9.47 Å². The van der Waals surface area contributed by atoms with Gasteiger partial charge in [-0.2, -0.15) is 0 Å². The molecule has 1 atom stereocenters. The Balaban J connectivity index is 1.59. The molecule has 200 valence electrons. The Morgan fingerprint density at radius 3 is 2.45 bits per heavy atom. The number of carbonyl (C=O) groups excluding carboxylic acids is 2. The van der Waals surface area contributed by atoms with Gasteiger partial charge in [0, 0.05) is 24.2 Å². The van der Waals surface area contributed by atoms with Crippen LogP contribution in [0, 0.1) is 5.92 Å². The number of methoxy groups -OCH3 is 2. The summed E-state index contributed by atoms with van der Waals surface area (Å²) in [5, 5.41) is 0. The maximum Gasteiger partial charge on any atom is 0.247 e. The summed E-state index contributed by atoms with van der Waals surface area (Å²) in [7, 11) is 3.27. The van der Waals surface area contributed by atoms with E-state index in [1.54, 1.807) is 19.1 Å². The van der Waals surface area contributed by atoms with Gasteiger partial charge < -0.3 is 18.9 Å². The molecule has 2 aromatic carbocycles. The molecule has 1 aliphatic carbocycles. The molecule has 2 heterocycles. The second kappa shape index (κ2) is 11.3. The Bertz CT molecular complexity index is 1290. The molecule has 2 aliphatic rings. The summed E-state index contributed by atoms with van der Waals surface area (Å²) in [6.07, 6.45) is 7.86.